The van der Waals surface area contributed by atoms with Crippen molar-refractivity contribution in [3.05, 3.63) is 72.6 Å². The molecule has 2 nitrogen and oxygen atoms in total. The molecule has 26 heavy (non-hydrogen) atoms. The zero-order valence-electron chi connectivity index (χ0n) is 14.2. The molecule has 0 saturated carbocycles. The average Bonchev–Trinajstić information content (AvgIpc) is 2.64. The van der Waals surface area contributed by atoms with E-state index in [1.54, 1.807) is 24.3 Å². The number of fused-ring (bicyclic) bond motifs is 1. The van der Waals surface area contributed by atoms with Gasteiger partial charge in [-0.25, -0.2) is 8.78 Å². The van der Waals surface area contributed by atoms with Gasteiger partial charge in [-0.05, 0) is 36.1 Å². The van der Waals surface area contributed by atoms with Crippen molar-refractivity contribution in [2.45, 2.75) is 6.92 Å². The molecule has 0 fully saturated rings. The molecule has 0 heterocycles. The van der Waals surface area contributed by atoms with Crippen molar-refractivity contribution in [3.8, 4) is 22.6 Å². The van der Waals surface area contributed by atoms with E-state index in [0.29, 0.717) is 17.9 Å². The van der Waals surface area contributed by atoms with Crippen molar-refractivity contribution < 1.29 is 22.6 Å². The summed E-state index contributed by atoms with van der Waals surface area (Å²) < 4.78 is 54.0. The van der Waals surface area contributed by atoms with Crippen LogP contribution in [0.25, 0.3) is 21.9 Å². The highest BCUT2D eigenvalue weighted by atomic mass is 19.2. The summed E-state index contributed by atoms with van der Waals surface area (Å²) in [6.45, 7) is 5.86. The second kappa shape index (κ2) is 7.52. The highest BCUT2D eigenvalue weighted by Crippen LogP contribution is 2.35. The Morgan fingerprint density at radius 1 is 0.923 bits per heavy atom. The van der Waals surface area contributed by atoms with Crippen molar-refractivity contribution in [1.29, 1.82) is 0 Å². The molecule has 5 heteroatoms. The van der Waals surface area contributed by atoms with Gasteiger partial charge in [-0.3, -0.25) is 0 Å². The minimum atomic E-state index is -1.27. The normalized spacial score (nSPS) is 10.8. The molecule has 0 spiro atoms. The number of halogens is 3. The van der Waals surface area contributed by atoms with Crippen LogP contribution in [0.4, 0.5) is 13.2 Å². The van der Waals surface area contributed by atoms with E-state index in [4.69, 9.17) is 9.47 Å². The molecule has 0 aliphatic heterocycles. The minimum Gasteiger partial charge on any atom is -0.494 e. The third-order valence-corrected chi connectivity index (χ3v) is 3.92. The molecule has 134 valence electrons. The average molecular weight is 358 g/mol. The van der Waals surface area contributed by atoms with Crippen LogP contribution in [0.5, 0.6) is 11.5 Å². The van der Waals surface area contributed by atoms with Crippen molar-refractivity contribution >= 4 is 10.8 Å². The summed E-state index contributed by atoms with van der Waals surface area (Å²) in [6.07, 6.45) is 1.41. The molecule has 0 atom stereocenters. The van der Waals surface area contributed by atoms with Gasteiger partial charge < -0.3 is 9.47 Å². The molecule has 0 amide bonds. The molecular formula is C21H17F3O2. The van der Waals surface area contributed by atoms with E-state index < -0.39 is 22.8 Å². The van der Waals surface area contributed by atoms with E-state index in [-0.39, 0.29) is 23.3 Å². The Labute approximate surface area is 149 Å². The molecule has 3 aromatic rings. The van der Waals surface area contributed by atoms with Crippen molar-refractivity contribution in [3.63, 3.8) is 0 Å². The van der Waals surface area contributed by atoms with Gasteiger partial charge >= 0.3 is 0 Å². The fourth-order valence-corrected chi connectivity index (χ4v) is 2.73. The van der Waals surface area contributed by atoms with Crippen LogP contribution in [0.15, 0.2) is 55.1 Å². The number of hydrogen-bond donors (Lipinski definition) is 0. The van der Waals surface area contributed by atoms with E-state index >= 15 is 0 Å². The van der Waals surface area contributed by atoms with Gasteiger partial charge in [0.1, 0.15) is 18.2 Å². The third kappa shape index (κ3) is 3.25. The van der Waals surface area contributed by atoms with Crippen LogP contribution in [0, 0.1) is 17.5 Å². The second-order valence-corrected chi connectivity index (χ2v) is 5.58. The maximum absolute atomic E-state index is 14.9. The van der Waals surface area contributed by atoms with Crippen LogP contribution in [-0.4, -0.2) is 13.2 Å². The number of benzene rings is 3. The second-order valence-electron chi connectivity index (χ2n) is 5.58. The molecule has 0 aliphatic carbocycles. The Morgan fingerprint density at radius 2 is 1.65 bits per heavy atom. The quantitative estimate of drug-likeness (QED) is 0.512. The first-order valence-electron chi connectivity index (χ1n) is 8.14. The topological polar surface area (TPSA) is 18.5 Å². The lowest BCUT2D eigenvalue weighted by atomic mass is 9.99. The predicted octanol–water partition coefficient (Wildman–Crippen LogP) is 5.89. The summed E-state index contributed by atoms with van der Waals surface area (Å²) in [7, 11) is 0. The lowest BCUT2D eigenvalue weighted by Crippen LogP contribution is -2.00. The first kappa shape index (κ1) is 17.9. The highest BCUT2D eigenvalue weighted by molar-refractivity contribution is 5.90. The van der Waals surface area contributed by atoms with E-state index in [1.807, 2.05) is 6.92 Å². The van der Waals surface area contributed by atoms with Crippen LogP contribution in [0.3, 0.4) is 0 Å². The van der Waals surface area contributed by atoms with Crippen LogP contribution >= 0.6 is 0 Å². The maximum atomic E-state index is 14.9. The minimum absolute atomic E-state index is 0.0224. The van der Waals surface area contributed by atoms with Crippen molar-refractivity contribution in [1.82, 2.24) is 0 Å². The summed E-state index contributed by atoms with van der Waals surface area (Å²) >= 11 is 0. The molecule has 0 bridgehead atoms. The Bertz CT molecular complexity index is 950. The van der Waals surface area contributed by atoms with Gasteiger partial charge in [0.15, 0.2) is 11.6 Å². The Kier molecular flexibility index (Phi) is 5.16. The molecule has 3 aromatic carbocycles. The Morgan fingerprint density at radius 3 is 2.31 bits per heavy atom. The van der Waals surface area contributed by atoms with Crippen molar-refractivity contribution in [2.24, 2.45) is 0 Å². The Balaban J connectivity index is 2.10. The summed E-state index contributed by atoms with van der Waals surface area (Å²) in [5, 5.41) is -0.185. The van der Waals surface area contributed by atoms with E-state index in [0.717, 1.165) is 0 Å². The molecular weight excluding hydrogens is 341 g/mol. The van der Waals surface area contributed by atoms with Gasteiger partial charge in [0.2, 0.25) is 5.82 Å². The summed E-state index contributed by atoms with van der Waals surface area (Å²) in [6, 6.07) is 11.1. The van der Waals surface area contributed by atoms with Crippen LogP contribution in [-0.2, 0) is 0 Å². The van der Waals surface area contributed by atoms with Crippen molar-refractivity contribution in [2.75, 3.05) is 13.2 Å². The highest BCUT2D eigenvalue weighted by Gasteiger charge is 2.20. The molecule has 0 saturated heterocycles. The lowest BCUT2D eigenvalue weighted by molar-refractivity contribution is 0.334. The zero-order chi connectivity index (χ0) is 18.7. The zero-order valence-corrected chi connectivity index (χ0v) is 14.2. The number of rotatable bonds is 6. The number of hydrogen-bond acceptors (Lipinski definition) is 2. The van der Waals surface area contributed by atoms with E-state index in [2.05, 4.69) is 6.58 Å². The monoisotopic (exact) mass is 358 g/mol. The lowest BCUT2D eigenvalue weighted by Gasteiger charge is -2.12. The molecule has 0 unspecified atom stereocenters. The van der Waals surface area contributed by atoms with Crippen LogP contribution in [0.1, 0.15) is 6.92 Å². The van der Waals surface area contributed by atoms with E-state index in [9.17, 15) is 13.2 Å². The smallest absolute Gasteiger partial charge is 0.201 e. The SMILES string of the molecule is C=CCOc1cc2ccc(-c3ccc(OCC)cc3)c(F)c2c(F)c1F. The summed E-state index contributed by atoms with van der Waals surface area (Å²) in [5.74, 6) is -2.94. The first-order chi connectivity index (χ1) is 12.6. The maximum Gasteiger partial charge on any atom is 0.201 e. The largest absolute Gasteiger partial charge is 0.494 e. The van der Waals surface area contributed by atoms with Gasteiger partial charge in [0.05, 0.1) is 12.0 Å². The summed E-state index contributed by atoms with van der Waals surface area (Å²) in [5.41, 5.74) is 0.721. The number of ether oxygens (including phenoxy) is 2. The van der Waals surface area contributed by atoms with Gasteiger partial charge in [-0.2, -0.15) is 4.39 Å². The fraction of sp³-hybridized carbons (Fsp3) is 0.143. The predicted molar refractivity (Wildman–Crippen MR) is 96.1 cm³/mol. The molecule has 0 aromatic heterocycles. The molecule has 0 radical (unpaired) electrons. The molecule has 0 aliphatic rings. The third-order valence-electron chi connectivity index (χ3n) is 3.92. The standard InChI is InChI=1S/C21H17F3O2/c1-3-11-26-17-12-14-7-10-16(19(22)18(14)21(24)20(17)23)13-5-8-15(9-6-13)25-4-2/h3,5-10,12H,1,4,11H2,2H3. The summed E-state index contributed by atoms with van der Waals surface area (Å²) in [4.78, 5) is 0. The Hall–Kier alpha value is -2.95. The fourth-order valence-electron chi connectivity index (χ4n) is 2.73. The first-order valence-corrected chi connectivity index (χ1v) is 8.14. The van der Waals surface area contributed by atoms with Gasteiger partial charge in [-0.1, -0.05) is 36.9 Å². The van der Waals surface area contributed by atoms with E-state index in [1.165, 1.54) is 24.3 Å². The van der Waals surface area contributed by atoms with Gasteiger partial charge in [-0.15, -0.1) is 0 Å². The molecule has 0 N–H and O–H groups in total. The van der Waals surface area contributed by atoms with Crippen LogP contribution < -0.4 is 9.47 Å². The van der Waals surface area contributed by atoms with Gasteiger partial charge in [0.25, 0.3) is 0 Å². The molecule has 3 rings (SSSR count). The van der Waals surface area contributed by atoms with Gasteiger partial charge in [0, 0.05) is 5.56 Å². The van der Waals surface area contributed by atoms with Crippen LogP contribution in [0.2, 0.25) is 0 Å².